The van der Waals surface area contributed by atoms with Crippen LogP contribution in [0.5, 0.6) is 0 Å². The van der Waals surface area contributed by atoms with Crippen molar-refractivity contribution in [2.45, 2.75) is 129 Å². The van der Waals surface area contributed by atoms with Crippen molar-refractivity contribution in [1.29, 1.82) is 0 Å². The van der Waals surface area contributed by atoms with E-state index in [-0.39, 0.29) is 6.61 Å². The number of rotatable bonds is 19. The number of unbranched alkanes of at least 4 members (excludes halogenated alkanes) is 15. The molecule has 0 aromatic heterocycles. The van der Waals surface area contributed by atoms with E-state index in [1.807, 2.05) is 0 Å². The summed E-state index contributed by atoms with van der Waals surface area (Å²) < 4.78 is 0. The molecule has 0 spiro atoms. The van der Waals surface area contributed by atoms with Gasteiger partial charge in [-0.15, -0.1) is 0 Å². The van der Waals surface area contributed by atoms with Crippen molar-refractivity contribution in [1.82, 2.24) is 5.32 Å². The third-order valence-electron chi connectivity index (χ3n) is 5.62. The normalized spacial score (nSPS) is 16.7. The lowest BCUT2D eigenvalue weighted by atomic mass is 10.0. The standard InChI is InChI=1S/C23H46N2O/c1-2-3-4-5-6-7-8-9-10-11-12-13-14-15-16-17-18-22-21-24-23(25-22)19-20-26/h22,26H,2-21H2,1H3,(H,24,25). The van der Waals surface area contributed by atoms with Gasteiger partial charge in [-0.05, 0) is 6.42 Å². The Balaban J connectivity index is 1.72. The van der Waals surface area contributed by atoms with E-state index < -0.39 is 0 Å². The van der Waals surface area contributed by atoms with Crippen molar-refractivity contribution in [2.75, 3.05) is 13.2 Å². The largest absolute Gasteiger partial charge is 0.396 e. The number of hydrogen-bond acceptors (Lipinski definition) is 3. The highest BCUT2D eigenvalue weighted by Crippen LogP contribution is 2.15. The third-order valence-corrected chi connectivity index (χ3v) is 5.62. The van der Waals surface area contributed by atoms with E-state index in [0.29, 0.717) is 12.5 Å². The lowest BCUT2D eigenvalue weighted by molar-refractivity contribution is 0.306. The van der Waals surface area contributed by atoms with Crippen LogP contribution in [-0.4, -0.2) is 30.1 Å². The van der Waals surface area contributed by atoms with Crippen LogP contribution in [0, 0.1) is 0 Å². The second kappa shape index (κ2) is 17.8. The first kappa shape index (κ1) is 23.5. The van der Waals surface area contributed by atoms with Gasteiger partial charge in [0, 0.05) is 13.0 Å². The summed E-state index contributed by atoms with van der Waals surface area (Å²) >= 11 is 0. The molecular formula is C23H46N2O. The van der Waals surface area contributed by atoms with E-state index in [1.165, 1.54) is 109 Å². The Morgan fingerprint density at radius 1 is 0.769 bits per heavy atom. The second-order valence-corrected chi connectivity index (χ2v) is 8.18. The van der Waals surface area contributed by atoms with Crippen molar-refractivity contribution in [3.05, 3.63) is 0 Å². The molecule has 0 amide bonds. The summed E-state index contributed by atoms with van der Waals surface area (Å²) in [5, 5.41) is 12.2. The molecule has 0 saturated carbocycles. The fourth-order valence-corrected chi connectivity index (χ4v) is 3.90. The van der Waals surface area contributed by atoms with Gasteiger partial charge in [0.05, 0.1) is 18.5 Å². The van der Waals surface area contributed by atoms with Gasteiger partial charge >= 0.3 is 0 Å². The second-order valence-electron chi connectivity index (χ2n) is 8.18. The van der Waals surface area contributed by atoms with Gasteiger partial charge in [0.2, 0.25) is 0 Å². The van der Waals surface area contributed by atoms with E-state index in [9.17, 15) is 0 Å². The third kappa shape index (κ3) is 13.6. The molecule has 1 rings (SSSR count). The van der Waals surface area contributed by atoms with Gasteiger partial charge in [-0.3, -0.25) is 4.99 Å². The van der Waals surface area contributed by atoms with Crippen molar-refractivity contribution < 1.29 is 5.11 Å². The molecule has 0 saturated heterocycles. The first-order valence-corrected chi connectivity index (χ1v) is 11.8. The Morgan fingerprint density at radius 3 is 1.69 bits per heavy atom. The first-order chi connectivity index (χ1) is 12.9. The number of nitrogens with zero attached hydrogens (tertiary/aromatic N) is 1. The van der Waals surface area contributed by atoms with Crippen LogP contribution in [0.2, 0.25) is 0 Å². The Morgan fingerprint density at radius 2 is 1.23 bits per heavy atom. The van der Waals surface area contributed by atoms with E-state index in [1.54, 1.807) is 0 Å². The van der Waals surface area contributed by atoms with Crippen molar-refractivity contribution in [3.8, 4) is 0 Å². The summed E-state index contributed by atoms with van der Waals surface area (Å²) in [5.74, 6) is 1.01. The van der Waals surface area contributed by atoms with Crippen molar-refractivity contribution >= 4 is 5.84 Å². The minimum Gasteiger partial charge on any atom is -0.396 e. The summed E-state index contributed by atoms with van der Waals surface area (Å²) in [4.78, 5) is 4.63. The summed E-state index contributed by atoms with van der Waals surface area (Å²) in [6.45, 7) is 3.48. The highest BCUT2D eigenvalue weighted by molar-refractivity contribution is 5.83. The molecule has 2 N–H and O–H groups in total. The summed E-state index contributed by atoms with van der Waals surface area (Å²) in [6.07, 6.45) is 24.7. The van der Waals surface area contributed by atoms with Crippen molar-refractivity contribution in [2.24, 2.45) is 4.99 Å². The predicted octanol–water partition coefficient (Wildman–Crippen LogP) is 6.39. The van der Waals surface area contributed by atoms with Crippen LogP contribution in [0.25, 0.3) is 0 Å². The zero-order valence-electron chi connectivity index (χ0n) is 17.6. The Labute approximate surface area is 163 Å². The molecule has 0 aromatic rings. The SMILES string of the molecule is CCCCCCCCCCCCCCCCCCC1CNC(CCO)=N1. The van der Waals surface area contributed by atoms with Gasteiger partial charge in [0.15, 0.2) is 0 Å². The molecule has 26 heavy (non-hydrogen) atoms. The number of aliphatic hydroxyl groups excluding tert-OH is 1. The van der Waals surface area contributed by atoms with Crippen LogP contribution in [0.3, 0.4) is 0 Å². The molecule has 1 unspecified atom stereocenters. The highest BCUT2D eigenvalue weighted by Gasteiger charge is 2.15. The average molecular weight is 367 g/mol. The Bertz CT molecular complexity index is 330. The Hall–Kier alpha value is -0.570. The van der Waals surface area contributed by atoms with Crippen molar-refractivity contribution in [3.63, 3.8) is 0 Å². The molecule has 0 aliphatic carbocycles. The molecular weight excluding hydrogens is 320 g/mol. The number of aliphatic hydroxyl groups is 1. The summed E-state index contributed by atoms with van der Waals surface area (Å²) in [6, 6.07) is 0.461. The van der Waals surface area contributed by atoms with Crippen LogP contribution < -0.4 is 5.32 Å². The molecule has 0 bridgehead atoms. The number of nitrogens with one attached hydrogen (secondary N) is 1. The van der Waals surface area contributed by atoms with E-state index in [0.717, 1.165) is 12.4 Å². The summed E-state index contributed by atoms with van der Waals surface area (Å²) in [5.41, 5.74) is 0. The van der Waals surface area contributed by atoms with Crippen LogP contribution in [0.4, 0.5) is 0 Å². The lowest BCUT2D eigenvalue weighted by Crippen LogP contribution is -2.21. The lowest BCUT2D eigenvalue weighted by Gasteiger charge is -2.06. The van der Waals surface area contributed by atoms with Crippen LogP contribution in [0.1, 0.15) is 122 Å². The maximum atomic E-state index is 8.92. The number of amidine groups is 1. The van der Waals surface area contributed by atoms with Gasteiger partial charge in [0.1, 0.15) is 0 Å². The summed E-state index contributed by atoms with van der Waals surface area (Å²) in [7, 11) is 0. The van der Waals surface area contributed by atoms with Gasteiger partial charge in [-0.1, -0.05) is 110 Å². The number of aliphatic imine (C=N–C) groups is 1. The number of hydrogen-bond donors (Lipinski definition) is 2. The van der Waals surface area contributed by atoms with Crippen LogP contribution in [0.15, 0.2) is 4.99 Å². The molecule has 1 aliphatic rings. The zero-order chi connectivity index (χ0) is 18.7. The molecule has 154 valence electrons. The predicted molar refractivity (Wildman–Crippen MR) is 115 cm³/mol. The molecule has 3 nitrogen and oxygen atoms in total. The van der Waals surface area contributed by atoms with E-state index in [2.05, 4.69) is 17.2 Å². The fraction of sp³-hybridized carbons (Fsp3) is 0.957. The quantitative estimate of drug-likeness (QED) is 0.260. The van der Waals surface area contributed by atoms with Gasteiger partial charge in [-0.2, -0.15) is 0 Å². The van der Waals surface area contributed by atoms with Gasteiger partial charge in [-0.25, -0.2) is 0 Å². The fourth-order valence-electron chi connectivity index (χ4n) is 3.90. The molecule has 1 atom stereocenters. The molecule has 0 fully saturated rings. The average Bonchev–Trinajstić information content (AvgIpc) is 3.09. The van der Waals surface area contributed by atoms with E-state index in [4.69, 9.17) is 5.11 Å². The van der Waals surface area contributed by atoms with Gasteiger partial charge in [0.25, 0.3) is 0 Å². The maximum absolute atomic E-state index is 8.92. The minimum absolute atomic E-state index is 0.206. The smallest absolute Gasteiger partial charge is 0.0991 e. The van der Waals surface area contributed by atoms with Crippen LogP contribution in [-0.2, 0) is 0 Å². The molecule has 0 aromatic carbocycles. The molecule has 1 heterocycles. The van der Waals surface area contributed by atoms with Gasteiger partial charge < -0.3 is 10.4 Å². The molecule has 3 heteroatoms. The monoisotopic (exact) mass is 366 g/mol. The highest BCUT2D eigenvalue weighted by atomic mass is 16.3. The molecule has 1 aliphatic heterocycles. The molecule has 0 radical (unpaired) electrons. The van der Waals surface area contributed by atoms with Crippen LogP contribution >= 0.6 is 0 Å². The Kier molecular flexibility index (Phi) is 16.1. The van der Waals surface area contributed by atoms with E-state index >= 15 is 0 Å². The topological polar surface area (TPSA) is 44.6 Å². The zero-order valence-corrected chi connectivity index (χ0v) is 17.6. The first-order valence-electron chi connectivity index (χ1n) is 11.8. The minimum atomic E-state index is 0.206. The maximum Gasteiger partial charge on any atom is 0.0991 e.